The van der Waals surface area contributed by atoms with Crippen LogP contribution in [0, 0.1) is 6.92 Å². The smallest absolute Gasteiger partial charge is 0.233 e. The number of hydrogen-bond donors (Lipinski definition) is 4. The molecule has 0 saturated carbocycles. The van der Waals surface area contributed by atoms with Gasteiger partial charge in [0.2, 0.25) is 17.8 Å². The maximum Gasteiger partial charge on any atom is 0.233 e. The second kappa shape index (κ2) is 11.6. The molecule has 3 aliphatic rings. The van der Waals surface area contributed by atoms with E-state index in [1.54, 1.807) is 12.1 Å². The van der Waals surface area contributed by atoms with Crippen molar-refractivity contribution in [2.24, 2.45) is 0 Å². The summed E-state index contributed by atoms with van der Waals surface area (Å²) in [7, 11) is 0. The molecular formula is C29H32N10O3S. The first-order chi connectivity index (χ1) is 21.0. The summed E-state index contributed by atoms with van der Waals surface area (Å²) in [5, 5.41) is 25.8. The van der Waals surface area contributed by atoms with Gasteiger partial charge >= 0.3 is 0 Å². The third-order valence-corrected chi connectivity index (χ3v) is 7.94. The molecule has 1 unspecified atom stereocenters. The number of benzene rings is 2. The molecule has 0 radical (unpaired) electrons. The molecule has 2 fully saturated rings. The van der Waals surface area contributed by atoms with E-state index in [-0.39, 0.29) is 11.8 Å². The lowest BCUT2D eigenvalue weighted by Crippen LogP contribution is -2.40. The molecule has 43 heavy (non-hydrogen) atoms. The molecule has 222 valence electrons. The topological polar surface area (TPSA) is 138 Å². The second-order valence-corrected chi connectivity index (χ2v) is 10.9. The van der Waals surface area contributed by atoms with Crippen molar-refractivity contribution >= 4 is 46.7 Å². The van der Waals surface area contributed by atoms with Crippen LogP contribution in [-0.2, 0) is 9.47 Å². The van der Waals surface area contributed by atoms with Gasteiger partial charge < -0.3 is 40.3 Å². The standard InChI is InChI=1S/C29H32N10O3S/c1-18-23-24(21-4-2-3-5-22(21)40)31-29(43)32-25(23)39(36-18)20-8-6-19(7-9-20)30-26-33-27(37-10-14-41-15-11-37)35-28(34-26)38-12-16-42-17-13-38/h2-9,24,40H,10-17H2,1H3,(H2,31,32,43)(H,30,33,34,35). The van der Waals surface area contributed by atoms with Crippen LogP contribution < -0.4 is 25.8 Å². The van der Waals surface area contributed by atoms with Crippen LogP contribution >= 0.6 is 12.2 Å². The van der Waals surface area contributed by atoms with Crippen molar-refractivity contribution in [2.45, 2.75) is 13.0 Å². The Hall–Kier alpha value is -4.53. The molecule has 14 heteroatoms. The number of nitrogens with zero attached hydrogens (tertiary/aromatic N) is 7. The molecular weight excluding hydrogens is 568 g/mol. The fourth-order valence-electron chi connectivity index (χ4n) is 5.54. The Bertz CT molecular complexity index is 1600. The first kappa shape index (κ1) is 27.3. The van der Waals surface area contributed by atoms with E-state index in [0.717, 1.165) is 60.2 Å². The monoisotopic (exact) mass is 600 g/mol. The lowest BCUT2D eigenvalue weighted by molar-refractivity contribution is 0.121. The highest BCUT2D eigenvalue weighted by molar-refractivity contribution is 7.80. The number of phenols is 1. The van der Waals surface area contributed by atoms with E-state index in [0.29, 0.717) is 49.4 Å². The van der Waals surface area contributed by atoms with Crippen LogP contribution in [0.15, 0.2) is 48.5 Å². The van der Waals surface area contributed by atoms with Gasteiger partial charge in [0.05, 0.1) is 43.9 Å². The third kappa shape index (κ3) is 5.51. The summed E-state index contributed by atoms with van der Waals surface area (Å²) in [6.07, 6.45) is 0. The van der Waals surface area contributed by atoms with Gasteiger partial charge in [0.1, 0.15) is 11.6 Å². The molecule has 4 N–H and O–H groups in total. The molecule has 2 aromatic carbocycles. The molecule has 7 rings (SSSR count). The zero-order chi connectivity index (χ0) is 29.3. The molecule has 2 aromatic heterocycles. The van der Waals surface area contributed by atoms with Gasteiger partial charge in [-0.2, -0.15) is 20.1 Å². The number of aromatic hydroxyl groups is 1. The molecule has 5 heterocycles. The molecule has 13 nitrogen and oxygen atoms in total. The molecule has 0 amide bonds. The van der Waals surface area contributed by atoms with Gasteiger partial charge in [-0.05, 0) is 49.5 Å². The first-order valence-corrected chi connectivity index (χ1v) is 14.7. The van der Waals surface area contributed by atoms with Gasteiger partial charge in [-0.3, -0.25) is 0 Å². The zero-order valence-electron chi connectivity index (χ0n) is 23.7. The van der Waals surface area contributed by atoms with Gasteiger partial charge in [0, 0.05) is 43.0 Å². The largest absolute Gasteiger partial charge is 0.508 e. The molecule has 1 atom stereocenters. The second-order valence-electron chi connectivity index (χ2n) is 10.5. The number of ether oxygens (including phenoxy) is 2. The summed E-state index contributed by atoms with van der Waals surface area (Å²) in [6, 6.07) is 14.8. The van der Waals surface area contributed by atoms with Crippen molar-refractivity contribution in [1.29, 1.82) is 0 Å². The minimum atomic E-state index is -0.329. The highest BCUT2D eigenvalue weighted by atomic mass is 32.1. The van der Waals surface area contributed by atoms with Crippen LogP contribution in [0.2, 0.25) is 0 Å². The van der Waals surface area contributed by atoms with Crippen LogP contribution in [0.25, 0.3) is 5.69 Å². The Morgan fingerprint density at radius 1 is 0.884 bits per heavy atom. The Balaban J connectivity index is 1.17. The maximum atomic E-state index is 10.6. The summed E-state index contributed by atoms with van der Waals surface area (Å²) in [4.78, 5) is 18.5. The van der Waals surface area contributed by atoms with E-state index in [4.69, 9.17) is 41.7 Å². The minimum absolute atomic E-state index is 0.199. The van der Waals surface area contributed by atoms with Crippen LogP contribution in [0.5, 0.6) is 5.75 Å². The van der Waals surface area contributed by atoms with Gasteiger partial charge in [-0.25, -0.2) is 4.68 Å². The van der Waals surface area contributed by atoms with Crippen LogP contribution in [-0.4, -0.2) is 87.6 Å². The van der Waals surface area contributed by atoms with E-state index in [2.05, 4.69) is 25.8 Å². The van der Waals surface area contributed by atoms with Crippen molar-refractivity contribution in [2.75, 3.05) is 73.0 Å². The molecule has 0 bridgehead atoms. The zero-order valence-corrected chi connectivity index (χ0v) is 24.5. The van der Waals surface area contributed by atoms with E-state index in [1.807, 2.05) is 48.0 Å². The van der Waals surface area contributed by atoms with E-state index in [9.17, 15) is 5.11 Å². The van der Waals surface area contributed by atoms with Crippen molar-refractivity contribution < 1.29 is 14.6 Å². The van der Waals surface area contributed by atoms with E-state index < -0.39 is 0 Å². The Morgan fingerprint density at radius 3 is 2.14 bits per heavy atom. The third-order valence-electron chi connectivity index (χ3n) is 7.72. The number of hydrogen-bond acceptors (Lipinski definition) is 11. The summed E-state index contributed by atoms with van der Waals surface area (Å²) in [6.45, 7) is 7.43. The summed E-state index contributed by atoms with van der Waals surface area (Å²) < 4.78 is 12.9. The number of nitrogens with one attached hydrogen (secondary N) is 3. The van der Waals surface area contributed by atoms with Crippen LogP contribution in [0.4, 0.5) is 29.4 Å². The number of anilines is 5. The number of morpholine rings is 2. The number of rotatable bonds is 6. The fraction of sp³-hybridized carbons (Fsp3) is 0.345. The number of thiocarbonyl (C=S) groups is 1. The number of aromatic nitrogens is 5. The van der Waals surface area contributed by atoms with Crippen LogP contribution in [0.1, 0.15) is 22.9 Å². The lowest BCUT2D eigenvalue weighted by Gasteiger charge is -2.30. The van der Waals surface area contributed by atoms with Crippen LogP contribution in [0.3, 0.4) is 0 Å². The van der Waals surface area contributed by atoms with Crippen molar-refractivity contribution in [3.63, 3.8) is 0 Å². The molecule has 2 saturated heterocycles. The first-order valence-electron chi connectivity index (χ1n) is 14.3. The maximum absolute atomic E-state index is 10.6. The van der Waals surface area contributed by atoms with Crippen molar-refractivity contribution in [1.82, 2.24) is 30.0 Å². The summed E-state index contributed by atoms with van der Waals surface area (Å²) in [5.74, 6) is 2.70. The van der Waals surface area contributed by atoms with Gasteiger partial charge in [0.25, 0.3) is 0 Å². The Kier molecular flexibility index (Phi) is 7.39. The summed E-state index contributed by atoms with van der Waals surface area (Å²) >= 11 is 5.54. The average Bonchev–Trinajstić information content (AvgIpc) is 3.37. The average molecular weight is 601 g/mol. The number of para-hydroxylation sites is 1. The van der Waals surface area contributed by atoms with Gasteiger partial charge in [-0.15, -0.1) is 0 Å². The Morgan fingerprint density at radius 2 is 1.51 bits per heavy atom. The summed E-state index contributed by atoms with van der Waals surface area (Å²) in [5.41, 5.74) is 4.16. The highest BCUT2D eigenvalue weighted by Crippen LogP contribution is 2.38. The van der Waals surface area contributed by atoms with E-state index in [1.165, 1.54) is 0 Å². The molecule has 0 spiro atoms. The van der Waals surface area contributed by atoms with Gasteiger partial charge in [-0.1, -0.05) is 18.2 Å². The predicted molar refractivity (Wildman–Crippen MR) is 167 cm³/mol. The molecule has 4 aromatic rings. The van der Waals surface area contributed by atoms with Gasteiger partial charge in [0.15, 0.2) is 5.11 Å². The molecule has 0 aliphatic carbocycles. The number of phenolic OH excluding ortho intramolecular Hbond substituents is 1. The number of aryl methyl sites for hydroxylation is 1. The SMILES string of the molecule is Cc1nn(-c2ccc(Nc3nc(N4CCOCC4)nc(N4CCOCC4)n3)cc2)c2c1C(c1ccccc1O)NC(=S)N2. The molecule has 3 aliphatic heterocycles. The van der Waals surface area contributed by atoms with Crippen molar-refractivity contribution in [3.05, 3.63) is 65.4 Å². The van der Waals surface area contributed by atoms with E-state index >= 15 is 0 Å². The number of fused-ring (bicyclic) bond motifs is 1. The minimum Gasteiger partial charge on any atom is -0.508 e. The Labute approximate surface area is 253 Å². The normalized spacial score (nSPS) is 18.5. The predicted octanol–water partition coefficient (Wildman–Crippen LogP) is 2.88. The lowest BCUT2D eigenvalue weighted by atomic mass is 9.96. The quantitative estimate of drug-likeness (QED) is 0.242. The van der Waals surface area contributed by atoms with Crippen molar-refractivity contribution in [3.8, 4) is 11.4 Å². The highest BCUT2D eigenvalue weighted by Gasteiger charge is 2.32. The fourth-order valence-corrected chi connectivity index (χ4v) is 5.75.